The number of ether oxygens (including phenoxy) is 1. The number of benzene rings is 2. The van der Waals surface area contributed by atoms with E-state index < -0.39 is 16.1 Å². The van der Waals surface area contributed by atoms with Crippen molar-refractivity contribution in [1.82, 2.24) is 5.32 Å². The molecular formula is C20H20N4O5S. The number of anilines is 1. The van der Waals surface area contributed by atoms with Crippen molar-refractivity contribution in [3.63, 3.8) is 0 Å². The molecule has 1 saturated heterocycles. The van der Waals surface area contributed by atoms with E-state index in [2.05, 4.69) is 15.6 Å². The van der Waals surface area contributed by atoms with Crippen molar-refractivity contribution in [2.75, 3.05) is 12.4 Å². The fraction of sp³-hybridized carbons (Fsp3) is 0.250. The van der Waals surface area contributed by atoms with Crippen molar-refractivity contribution in [3.8, 4) is 5.75 Å². The fourth-order valence-corrected chi connectivity index (χ4v) is 3.79. The zero-order valence-electron chi connectivity index (χ0n) is 16.6. The number of rotatable bonds is 6. The maximum atomic E-state index is 12.4. The Bertz CT molecular complexity index is 1050. The lowest BCUT2D eigenvalue weighted by Crippen LogP contribution is -2.28. The zero-order valence-corrected chi connectivity index (χ0v) is 17.4. The number of hydrogen-bond donors (Lipinski definition) is 2. The van der Waals surface area contributed by atoms with Crippen molar-refractivity contribution < 1.29 is 19.2 Å². The number of carbonyl (C=O) groups excluding carboxylic acids is 2. The van der Waals surface area contributed by atoms with E-state index in [4.69, 9.17) is 4.74 Å². The van der Waals surface area contributed by atoms with E-state index in [0.29, 0.717) is 10.9 Å². The Morgan fingerprint density at radius 1 is 1.30 bits per heavy atom. The minimum Gasteiger partial charge on any atom is -0.496 e. The number of aryl methyl sites for hydroxylation is 2. The van der Waals surface area contributed by atoms with Crippen LogP contribution in [0.5, 0.6) is 5.75 Å². The lowest BCUT2D eigenvalue weighted by molar-refractivity contribution is -0.384. The van der Waals surface area contributed by atoms with Gasteiger partial charge in [0.15, 0.2) is 5.17 Å². The number of amides is 2. The van der Waals surface area contributed by atoms with E-state index in [9.17, 15) is 19.7 Å². The van der Waals surface area contributed by atoms with Gasteiger partial charge in [0.2, 0.25) is 11.8 Å². The standard InChI is InChI=1S/C20H20N4O5S/c1-11-4-5-12(2)15(8-11)22-20-23-19(26)17(30-20)10-18(25)21-14-7-6-13(29-3)9-16(14)24(27)28/h4-9,17H,10H2,1-3H3,(H,21,25)(H,22,23,26)/t17-/m1/s1. The van der Waals surface area contributed by atoms with Gasteiger partial charge < -0.3 is 15.4 Å². The molecule has 2 N–H and O–H groups in total. The van der Waals surface area contributed by atoms with Gasteiger partial charge in [-0.15, -0.1) is 0 Å². The highest BCUT2D eigenvalue weighted by molar-refractivity contribution is 8.15. The molecule has 0 bridgehead atoms. The largest absolute Gasteiger partial charge is 0.496 e. The Kier molecular flexibility index (Phi) is 6.36. The Labute approximate surface area is 177 Å². The summed E-state index contributed by atoms with van der Waals surface area (Å²) in [5.74, 6) is -0.537. The lowest BCUT2D eigenvalue weighted by Gasteiger charge is -2.09. The molecular weight excluding hydrogens is 408 g/mol. The van der Waals surface area contributed by atoms with E-state index in [-0.39, 0.29) is 23.7 Å². The third kappa shape index (κ3) is 4.95. The summed E-state index contributed by atoms with van der Waals surface area (Å²) in [6, 6.07) is 9.96. The van der Waals surface area contributed by atoms with Crippen LogP contribution in [0.4, 0.5) is 17.1 Å². The summed E-state index contributed by atoms with van der Waals surface area (Å²) in [6.07, 6.45) is -0.147. The molecule has 2 aromatic carbocycles. The Balaban J connectivity index is 1.69. The molecule has 1 heterocycles. The number of carbonyl (C=O) groups is 2. The number of thioether (sulfide) groups is 1. The van der Waals surface area contributed by atoms with Crippen LogP contribution in [0.15, 0.2) is 41.4 Å². The summed E-state index contributed by atoms with van der Waals surface area (Å²) in [4.78, 5) is 39.8. The van der Waals surface area contributed by atoms with E-state index >= 15 is 0 Å². The number of aliphatic imine (C=N–C) groups is 1. The van der Waals surface area contributed by atoms with Gasteiger partial charge in [-0.1, -0.05) is 23.9 Å². The van der Waals surface area contributed by atoms with Gasteiger partial charge in [-0.3, -0.25) is 19.7 Å². The molecule has 0 spiro atoms. The summed E-state index contributed by atoms with van der Waals surface area (Å²) in [5.41, 5.74) is 2.51. The molecule has 0 radical (unpaired) electrons. The third-order valence-electron chi connectivity index (χ3n) is 4.41. The summed E-state index contributed by atoms with van der Waals surface area (Å²) < 4.78 is 4.98. The number of nitrogens with one attached hydrogen (secondary N) is 2. The van der Waals surface area contributed by atoms with Gasteiger partial charge in [0.05, 0.1) is 23.8 Å². The number of nitro benzene ring substituents is 1. The van der Waals surface area contributed by atoms with Crippen molar-refractivity contribution in [2.24, 2.45) is 4.99 Å². The molecule has 156 valence electrons. The summed E-state index contributed by atoms with van der Waals surface area (Å²) in [6.45, 7) is 3.88. The van der Waals surface area contributed by atoms with Crippen molar-refractivity contribution in [1.29, 1.82) is 0 Å². The van der Waals surface area contributed by atoms with Crippen LogP contribution in [0, 0.1) is 24.0 Å². The zero-order chi connectivity index (χ0) is 21.8. The van der Waals surface area contributed by atoms with Gasteiger partial charge >= 0.3 is 0 Å². The van der Waals surface area contributed by atoms with Crippen LogP contribution < -0.4 is 15.4 Å². The first-order valence-electron chi connectivity index (χ1n) is 9.02. The monoisotopic (exact) mass is 428 g/mol. The molecule has 10 heteroatoms. The van der Waals surface area contributed by atoms with Crippen LogP contribution >= 0.6 is 11.8 Å². The fourth-order valence-electron chi connectivity index (χ4n) is 2.81. The molecule has 2 aromatic rings. The first-order chi connectivity index (χ1) is 14.3. The maximum Gasteiger partial charge on any atom is 0.296 e. The first kappa shape index (κ1) is 21.3. The molecule has 0 saturated carbocycles. The van der Waals surface area contributed by atoms with Gasteiger partial charge in [-0.05, 0) is 43.2 Å². The van der Waals surface area contributed by atoms with Gasteiger partial charge in [-0.25, -0.2) is 4.99 Å². The van der Waals surface area contributed by atoms with Crippen LogP contribution in [0.25, 0.3) is 0 Å². The topological polar surface area (TPSA) is 123 Å². The van der Waals surface area contributed by atoms with Crippen LogP contribution in [-0.4, -0.2) is 34.3 Å². The lowest BCUT2D eigenvalue weighted by atomic mass is 10.1. The van der Waals surface area contributed by atoms with Crippen molar-refractivity contribution in [2.45, 2.75) is 25.5 Å². The highest BCUT2D eigenvalue weighted by atomic mass is 32.2. The minimum atomic E-state index is -0.675. The number of nitrogens with zero attached hydrogens (tertiary/aromatic N) is 2. The normalized spacial score (nSPS) is 17.0. The maximum absolute atomic E-state index is 12.4. The molecule has 1 atom stereocenters. The van der Waals surface area contributed by atoms with Gasteiger partial charge in [-0.2, -0.15) is 0 Å². The molecule has 2 amide bonds. The molecule has 9 nitrogen and oxygen atoms in total. The molecule has 0 unspecified atom stereocenters. The highest BCUT2D eigenvalue weighted by Gasteiger charge is 2.32. The number of amidine groups is 1. The molecule has 1 aliphatic heterocycles. The van der Waals surface area contributed by atoms with Crippen LogP contribution in [0.2, 0.25) is 0 Å². The number of nitro groups is 1. The number of methoxy groups -OCH3 is 1. The summed E-state index contributed by atoms with van der Waals surface area (Å²) in [7, 11) is 1.39. The minimum absolute atomic E-state index is 0.0403. The Morgan fingerprint density at radius 2 is 2.07 bits per heavy atom. The second-order valence-electron chi connectivity index (χ2n) is 6.70. The molecule has 1 fully saturated rings. The third-order valence-corrected chi connectivity index (χ3v) is 5.49. The van der Waals surface area contributed by atoms with E-state index in [1.165, 1.54) is 25.3 Å². The average Bonchev–Trinajstić information content (AvgIpc) is 3.03. The van der Waals surface area contributed by atoms with Gasteiger partial charge in [0.25, 0.3) is 5.69 Å². The SMILES string of the molecule is COc1ccc(NC(=O)C[C@H]2SC(=Nc3cc(C)ccc3C)NC2=O)c([N+](=O)[O-])c1. The molecule has 0 aliphatic carbocycles. The Morgan fingerprint density at radius 3 is 2.77 bits per heavy atom. The first-order valence-corrected chi connectivity index (χ1v) is 9.90. The molecule has 1 aliphatic rings. The van der Waals surface area contributed by atoms with Crippen molar-refractivity contribution >= 4 is 45.8 Å². The molecule has 0 aromatic heterocycles. The van der Waals surface area contributed by atoms with Crippen molar-refractivity contribution in [3.05, 3.63) is 57.6 Å². The number of hydrogen-bond acceptors (Lipinski definition) is 7. The average molecular weight is 428 g/mol. The van der Waals surface area contributed by atoms with Crippen LogP contribution in [0.1, 0.15) is 17.5 Å². The van der Waals surface area contributed by atoms with Gasteiger partial charge in [0.1, 0.15) is 16.7 Å². The molecule has 3 rings (SSSR count). The predicted molar refractivity (Wildman–Crippen MR) is 115 cm³/mol. The van der Waals surface area contributed by atoms with E-state index in [1.807, 2.05) is 32.0 Å². The van der Waals surface area contributed by atoms with Gasteiger partial charge in [0, 0.05) is 6.42 Å². The quantitative estimate of drug-likeness (QED) is 0.536. The van der Waals surface area contributed by atoms with E-state index in [1.54, 1.807) is 0 Å². The second kappa shape index (κ2) is 8.95. The Hall–Kier alpha value is -3.40. The second-order valence-corrected chi connectivity index (χ2v) is 7.89. The van der Waals surface area contributed by atoms with Crippen LogP contribution in [-0.2, 0) is 9.59 Å². The summed E-state index contributed by atoms with van der Waals surface area (Å²) >= 11 is 1.16. The highest BCUT2D eigenvalue weighted by Crippen LogP contribution is 2.31. The predicted octanol–water partition coefficient (Wildman–Crippen LogP) is 3.47. The smallest absolute Gasteiger partial charge is 0.296 e. The molecule has 30 heavy (non-hydrogen) atoms. The van der Waals surface area contributed by atoms with E-state index in [0.717, 1.165) is 28.6 Å². The van der Waals surface area contributed by atoms with Crippen LogP contribution in [0.3, 0.4) is 0 Å². The summed E-state index contributed by atoms with van der Waals surface area (Å²) in [5, 5.41) is 16.2.